The summed E-state index contributed by atoms with van der Waals surface area (Å²) in [7, 11) is 0. The van der Waals surface area contributed by atoms with Gasteiger partial charge in [-0.25, -0.2) is 19.3 Å². The van der Waals surface area contributed by atoms with Crippen LogP contribution in [0.4, 0.5) is 0 Å². The van der Waals surface area contributed by atoms with Crippen LogP contribution < -0.4 is 0 Å². The van der Waals surface area contributed by atoms with Crippen molar-refractivity contribution in [3.63, 3.8) is 0 Å². The Morgan fingerprint density at radius 1 is 0.531 bits per heavy atom. The lowest BCUT2D eigenvalue weighted by molar-refractivity contribution is 1.36. The highest BCUT2D eigenvalue weighted by atomic mass is 32.1. The average molecular weight is 646 g/mol. The fraction of sp³-hybridized carbons (Fsp3) is 0. The third kappa shape index (κ3) is 4.93. The van der Waals surface area contributed by atoms with Crippen molar-refractivity contribution < 1.29 is 0 Å². The zero-order valence-corrected chi connectivity index (χ0v) is 27.1. The average Bonchev–Trinajstić information content (AvgIpc) is 3.17. The first kappa shape index (κ1) is 28.9. The molecule has 0 radical (unpaired) electrons. The van der Waals surface area contributed by atoms with Gasteiger partial charge in [0, 0.05) is 49.5 Å². The predicted molar refractivity (Wildman–Crippen MR) is 206 cm³/mol. The van der Waals surface area contributed by atoms with Crippen LogP contribution in [-0.4, -0.2) is 26.4 Å². The maximum Gasteiger partial charge on any atom is 0.105 e. The molecule has 5 aromatic carbocycles. The van der Waals surface area contributed by atoms with Gasteiger partial charge in [-0.15, -0.1) is 0 Å². The van der Waals surface area contributed by atoms with Crippen molar-refractivity contribution in [1.29, 1.82) is 5.41 Å². The molecule has 5 nitrogen and oxygen atoms in total. The summed E-state index contributed by atoms with van der Waals surface area (Å²) < 4.78 is 4.44. The van der Waals surface area contributed by atoms with E-state index in [4.69, 9.17) is 15.0 Å². The monoisotopic (exact) mass is 645 g/mol. The number of hydrogen-bond acceptors (Lipinski definition) is 6. The van der Waals surface area contributed by atoms with Crippen molar-refractivity contribution in [2.24, 2.45) is 4.40 Å². The number of fused-ring (bicyclic) bond motifs is 6. The lowest BCUT2D eigenvalue weighted by Gasteiger charge is -2.24. The highest BCUT2D eigenvalue weighted by Gasteiger charge is 2.29. The molecule has 0 spiro atoms. The summed E-state index contributed by atoms with van der Waals surface area (Å²) in [6, 6.07) is 49.1. The number of pyridine rings is 3. The third-order valence-electron chi connectivity index (χ3n) is 9.17. The van der Waals surface area contributed by atoms with Crippen LogP contribution in [0.3, 0.4) is 0 Å². The molecule has 49 heavy (non-hydrogen) atoms. The lowest BCUT2D eigenvalue weighted by atomic mass is 9.82. The van der Waals surface area contributed by atoms with Gasteiger partial charge in [0.2, 0.25) is 0 Å². The number of allylic oxidation sites excluding steroid dienone is 1. The number of nitrogens with zero attached hydrogens (tertiary/aromatic N) is 4. The molecule has 0 saturated carbocycles. The molecule has 1 aliphatic rings. The first-order valence-electron chi connectivity index (χ1n) is 16.0. The van der Waals surface area contributed by atoms with E-state index in [1.54, 1.807) is 0 Å². The van der Waals surface area contributed by atoms with E-state index in [-0.39, 0.29) is 0 Å². The number of benzene rings is 5. The molecule has 0 bridgehead atoms. The first-order valence-corrected chi connectivity index (χ1v) is 16.4. The van der Waals surface area contributed by atoms with E-state index in [0.717, 1.165) is 88.7 Å². The zero-order valence-electron chi connectivity index (χ0n) is 26.2. The van der Waals surface area contributed by atoms with Crippen LogP contribution in [0, 0.1) is 5.41 Å². The van der Waals surface area contributed by atoms with E-state index < -0.39 is 0 Å². The van der Waals surface area contributed by atoms with Gasteiger partial charge in [0.05, 0.1) is 39.3 Å². The second-order valence-corrected chi connectivity index (χ2v) is 12.3. The van der Waals surface area contributed by atoms with Crippen LogP contribution in [-0.2, 0) is 0 Å². The molecule has 8 aromatic rings. The van der Waals surface area contributed by atoms with Gasteiger partial charge < -0.3 is 0 Å². The molecule has 1 N–H and O–H groups in total. The molecule has 0 unspecified atom stereocenters. The Kier molecular flexibility index (Phi) is 6.95. The summed E-state index contributed by atoms with van der Waals surface area (Å²) in [4.78, 5) is 15.5. The van der Waals surface area contributed by atoms with Crippen molar-refractivity contribution in [1.82, 2.24) is 15.0 Å². The second kappa shape index (κ2) is 11.8. The molecule has 0 atom stereocenters. The quantitative estimate of drug-likeness (QED) is 0.148. The summed E-state index contributed by atoms with van der Waals surface area (Å²) in [5.41, 5.74) is 12.4. The van der Waals surface area contributed by atoms with Gasteiger partial charge in [0.15, 0.2) is 0 Å². The molecule has 0 amide bonds. The van der Waals surface area contributed by atoms with Gasteiger partial charge in [0.25, 0.3) is 0 Å². The summed E-state index contributed by atoms with van der Waals surface area (Å²) in [5, 5.41) is 12.2. The van der Waals surface area contributed by atoms with Crippen LogP contribution in [0.15, 0.2) is 150 Å². The number of aromatic nitrogens is 3. The maximum atomic E-state index is 9.30. The lowest BCUT2D eigenvalue weighted by Crippen LogP contribution is -2.22. The molecular weight excluding hydrogens is 619 g/mol. The van der Waals surface area contributed by atoms with Gasteiger partial charge in [-0.3, -0.25) is 5.41 Å². The van der Waals surface area contributed by atoms with Gasteiger partial charge in [-0.05, 0) is 48.7 Å². The van der Waals surface area contributed by atoms with Gasteiger partial charge >= 0.3 is 0 Å². The summed E-state index contributed by atoms with van der Waals surface area (Å²) in [5.74, 6) is 0. The van der Waals surface area contributed by atoms with Gasteiger partial charge in [-0.1, -0.05) is 121 Å². The largest absolute Gasteiger partial charge is 0.298 e. The van der Waals surface area contributed by atoms with Crippen LogP contribution in [0.25, 0.3) is 78.1 Å². The Bertz CT molecular complexity index is 2670. The first-order chi connectivity index (χ1) is 24.2. The predicted octanol–water partition coefficient (Wildman–Crippen LogP) is 10.5. The van der Waals surface area contributed by atoms with Crippen molar-refractivity contribution in [2.75, 3.05) is 0 Å². The minimum absolute atomic E-state index is 0.321. The van der Waals surface area contributed by atoms with Crippen LogP contribution in [0.5, 0.6) is 0 Å². The van der Waals surface area contributed by atoms with Gasteiger partial charge in [0.1, 0.15) is 5.71 Å². The van der Waals surface area contributed by atoms with Crippen LogP contribution in [0.2, 0.25) is 0 Å². The summed E-state index contributed by atoms with van der Waals surface area (Å²) >= 11 is 4.43. The highest BCUT2D eigenvalue weighted by molar-refractivity contribution is 7.79. The molecular formula is C43H27N5S. The molecule has 6 heteroatoms. The SMILES string of the molecule is N=C1C(c2ccccc2)=Cc2c(-c3ccccc3)nc3ccc(-c4ccc5ccc6ccc(-c7ccccc7)nc6c5n4)cc3c2C1=NS. The Labute approximate surface area is 288 Å². The fourth-order valence-corrected chi connectivity index (χ4v) is 6.96. The van der Waals surface area contributed by atoms with Crippen molar-refractivity contribution in [3.05, 3.63) is 162 Å². The Morgan fingerprint density at radius 2 is 1.08 bits per heavy atom. The summed E-state index contributed by atoms with van der Waals surface area (Å²) in [6.07, 6.45) is 2.08. The van der Waals surface area contributed by atoms with E-state index in [2.05, 4.69) is 96.1 Å². The minimum Gasteiger partial charge on any atom is -0.298 e. The highest BCUT2D eigenvalue weighted by Crippen LogP contribution is 2.40. The summed E-state index contributed by atoms with van der Waals surface area (Å²) in [6.45, 7) is 0. The van der Waals surface area contributed by atoms with Crippen molar-refractivity contribution in [2.45, 2.75) is 0 Å². The number of rotatable bonds is 4. The van der Waals surface area contributed by atoms with Crippen molar-refractivity contribution >= 4 is 68.6 Å². The van der Waals surface area contributed by atoms with E-state index in [9.17, 15) is 5.41 Å². The molecule has 230 valence electrons. The second-order valence-electron chi connectivity index (χ2n) is 12.1. The molecule has 0 saturated heterocycles. The fourth-order valence-electron chi connectivity index (χ4n) is 6.76. The topological polar surface area (TPSA) is 74.9 Å². The molecule has 0 aliphatic heterocycles. The Hall–Kier alpha value is -6.24. The van der Waals surface area contributed by atoms with Gasteiger partial charge in [-0.2, -0.15) is 0 Å². The molecule has 1 aliphatic carbocycles. The van der Waals surface area contributed by atoms with E-state index in [0.29, 0.717) is 11.4 Å². The zero-order chi connectivity index (χ0) is 32.9. The smallest absolute Gasteiger partial charge is 0.105 e. The van der Waals surface area contributed by atoms with Crippen LogP contribution >= 0.6 is 12.8 Å². The minimum atomic E-state index is 0.321. The molecule has 3 heterocycles. The Balaban J connectivity index is 1.27. The number of nitrogens with one attached hydrogen (secondary N) is 1. The van der Waals surface area contributed by atoms with E-state index in [1.807, 2.05) is 72.8 Å². The normalized spacial score (nSPS) is 13.6. The van der Waals surface area contributed by atoms with Crippen LogP contribution in [0.1, 0.15) is 16.7 Å². The maximum absolute atomic E-state index is 9.30. The van der Waals surface area contributed by atoms with E-state index >= 15 is 0 Å². The number of thiol groups is 1. The third-order valence-corrected chi connectivity index (χ3v) is 9.37. The molecule has 0 fully saturated rings. The Morgan fingerprint density at radius 3 is 1.69 bits per heavy atom. The number of hydrogen-bond donors (Lipinski definition) is 2. The standard InChI is InChI=1S/C43H27N5S/c44-39-32(26-10-4-1-5-11-26)25-34-38(43(39)48-49)33-24-31(20-23-37(33)47-40(34)28-14-8-3-9-15-28)36-22-19-30-17-16-29-18-21-35(27-12-6-2-7-13-27)45-41(29)42(30)46-36/h1-25,44,49H. The molecule has 9 rings (SSSR count). The van der Waals surface area contributed by atoms with E-state index in [1.165, 1.54) is 0 Å². The molecule has 3 aromatic heterocycles. The van der Waals surface area contributed by atoms with Crippen molar-refractivity contribution in [3.8, 4) is 33.8 Å².